The van der Waals surface area contributed by atoms with E-state index in [0.717, 1.165) is 0 Å². The Labute approximate surface area is 236 Å². The molecule has 0 saturated heterocycles. The van der Waals surface area contributed by atoms with E-state index < -0.39 is 15.6 Å². The van der Waals surface area contributed by atoms with Crippen molar-refractivity contribution in [1.82, 2.24) is 0 Å². The fraction of sp³-hybridized carbons (Fsp3) is 0.464. The maximum atomic E-state index is 10.7. The topological polar surface area (TPSA) is 60.9 Å². The Hall–Kier alpha value is -2.00. The second kappa shape index (κ2) is 13.4. The number of rotatable bonds is 6. The zero-order chi connectivity index (χ0) is 28.3. The molecule has 0 unspecified atom stereocenters. The van der Waals surface area contributed by atoms with Gasteiger partial charge in [0.25, 0.3) is 0 Å². The van der Waals surface area contributed by atoms with Crippen molar-refractivity contribution in [2.45, 2.75) is 84.6 Å². The minimum absolute atomic E-state index is 0. The summed E-state index contributed by atoms with van der Waals surface area (Å²) in [5.74, 6) is 1.92. The Morgan fingerprint density at radius 1 is 0.684 bits per heavy atom. The molecule has 0 fully saturated rings. The second-order valence-electron chi connectivity index (χ2n) is 10.3. The number of benzene rings is 2. The van der Waals surface area contributed by atoms with Crippen LogP contribution in [0.5, 0.6) is 0 Å². The van der Waals surface area contributed by atoms with Crippen LogP contribution in [0.2, 0.25) is 0 Å². The molecule has 1 aliphatic heterocycles. The minimum atomic E-state index is -5.84. The fourth-order valence-electron chi connectivity index (χ4n) is 4.24. The summed E-state index contributed by atoms with van der Waals surface area (Å²) in [7, 11) is -5.84. The quantitative estimate of drug-likeness (QED) is 0.155. The average Bonchev–Trinajstić information content (AvgIpc) is 3.26. The maximum Gasteiger partial charge on any atom is 1.00 e. The summed E-state index contributed by atoms with van der Waals surface area (Å²) in [6, 6.07) is 13.5. The number of nitrogens with zero attached hydrogens (tertiary/aromatic N) is 2. The molecule has 0 aliphatic carbocycles. The van der Waals surface area contributed by atoms with Gasteiger partial charge in [-0.15, -0.1) is 6.67 Å². The molecule has 1 N–H and O–H groups in total. The molecular formula is C28H38CuF3N2O3S. The van der Waals surface area contributed by atoms with E-state index >= 15 is 0 Å². The van der Waals surface area contributed by atoms with Crippen molar-refractivity contribution in [3.05, 3.63) is 77.7 Å². The van der Waals surface area contributed by atoms with Gasteiger partial charge in [0.05, 0.1) is 0 Å². The zero-order valence-electron chi connectivity index (χ0n) is 23.0. The van der Waals surface area contributed by atoms with Gasteiger partial charge in [0.15, 0.2) is 0 Å². The van der Waals surface area contributed by atoms with Crippen molar-refractivity contribution in [2.75, 3.05) is 9.80 Å². The molecule has 0 amide bonds. The summed E-state index contributed by atoms with van der Waals surface area (Å²) in [5.41, 5.74) is 2.75. The average molecular weight is 603 g/mol. The SMILES string of the molecule is CC(C)c1cccc(C(C)C)c1N1C=CN(c2c(C(C)C)cccc2C(C)C)[CH-]1.O=S(=O)(O)C(F)(F)F.[Cu+]. The van der Waals surface area contributed by atoms with Gasteiger partial charge in [-0.2, -0.15) is 21.6 Å². The van der Waals surface area contributed by atoms with Gasteiger partial charge >= 0.3 is 32.7 Å². The molecule has 0 bridgehead atoms. The molecule has 1 heterocycles. The number of hydrogen-bond acceptors (Lipinski definition) is 4. The molecule has 1 aliphatic rings. The van der Waals surface area contributed by atoms with Gasteiger partial charge in [0, 0.05) is 11.4 Å². The Balaban J connectivity index is 0.000000699. The molecule has 2 aromatic rings. The van der Waals surface area contributed by atoms with Crippen LogP contribution < -0.4 is 9.80 Å². The summed E-state index contributed by atoms with van der Waals surface area (Å²) in [6.07, 6.45) is 4.43. The molecule has 2 aromatic carbocycles. The first kappa shape index (κ1) is 34.0. The molecule has 10 heteroatoms. The normalized spacial score (nSPS) is 13.9. The van der Waals surface area contributed by atoms with Gasteiger partial charge in [-0.05, 0) is 58.3 Å². The van der Waals surface area contributed by atoms with E-state index in [2.05, 4.69) is 121 Å². The van der Waals surface area contributed by atoms with E-state index in [4.69, 9.17) is 13.0 Å². The third-order valence-electron chi connectivity index (χ3n) is 6.13. The molecular weight excluding hydrogens is 565 g/mol. The van der Waals surface area contributed by atoms with Gasteiger partial charge < -0.3 is 9.80 Å². The molecule has 0 atom stereocenters. The molecule has 216 valence electrons. The molecule has 0 saturated carbocycles. The van der Waals surface area contributed by atoms with Gasteiger partial charge in [-0.3, -0.25) is 4.55 Å². The van der Waals surface area contributed by atoms with E-state index in [9.17, 15) is 13.2 Å². The molecule has 5 nitrogen and oxygen atoms in total. The number of para-hydroxylation sites is 2. The fourth-order valence-corrected chi connectivity index (χ4v) is 4.24. The molecule has 0 spiro atoms. The van der Waals surface area contributed by atoms with Crippen molar-refractivity contribution in [3.8, 4) is 0 Å². The zero-order valence-corrected chi connectivity index (χ0v) is 24.8. The van der Waals surface area contributed by atoms with Crippen LogP contribution in [0.25, 0.3) is 0 Å². The van der Waals surface area contributed by atoms with Crippen molar-refractivity contribution in [1.29, 1.82) is 0 Å². The second-order valence-corrected chi connectivity index (χ2v) is 11.8. The van der Waals surface area contributed by atoms with E-state index in [1.165, 1.54) is 33.6 Å². The van der Waals surface area contributed by atoms with Crippen LogP contribution in [0.3, 0.4) is 0 Å². The number of halogens is 3. The Bertz CT molecular complexity index is 1090. The van der Waals surface area contributed by atoms with Crippen LogP contribution in [0, 0.1) is 6.67 Å². The summed E-state index contributed by atoms with van der Waals surface area (Å²) >= 11 is 0. The van der Waals surface area contributed by atoms with Gasteiger partial charge in [0.1, 0.15) is 0 Å². The molecule has 3 rings (SSSR count). The maximum absolute atomic E-state index is 10.7. The summed E-state index contributed by atoms with van der Waals surface area (Å²) < 4.78 is 57.5. The van der Waals surface area contributed by atoms with E-state index in [0.29, 0.717) is 23.7 Å². The van der Waals surface area contributed by atoms with Crippen LogP contribution >= 0.6 is 0 Å². The first-order valence-corrected chi connectivity index (χ1v) is 13.8. The molecule has 0 radical (unpaired) electrons. The number of hydrogen-bond donors (Lipinski definition) is 1. The molecule has 0 aromatic heterocycles. The van der Waals surface area contributed by atoms with E-state index in [1.807, 2.05) is 0 Å². The van der Waals surface area contributed by atoms with Crippen molar-refractivity contribution >= 4 is 21.5 Å². The standard InChI is InChI=1S/C27H37N2.CHF3O3S.Cu/c1-18(2)22-11-9-12-23(19(3)4)26(22)28-15-16-29(17-28)27-24(20(5)6)13-10-14-25(27)21(7)8;2-1(3,4)8(5,6)7;/h9-21H,1-8H3;(H,5,6,7);/q-1;;+1. The van der Waals surface area contributed by atoms with E-state index in [1.54, 1.807) is 0 Å². The number of anilines is 2. The molecule has 38 heavy (non-hydrogen) atoms. The van der Waals surface area contributed by atoms with Crippen molar-refractivity contribution in [2.24, 2.45) is 0 Å². The van der Waals surface area contributed by atoms with Gasteiger partial charge in [0.2, 0.25) is 0 Å². The Morgan fingerprint density at radius 3 is 1.11 bits per heavy atom. The predicted molar refractivity (Wildman–Crippen MR) is 145 cm³/mol. The van der Waals surface area contributed by atoms with Crippen LogP contribution in [0.1, 0.15) is 101 Å². The Kier molecular flexibility index (Phi) is 12.0. The number of alkyl halides is 3. The monoisotopic (exact) mass is 602 g/mol. The van der Waals surface area contributed by atoms with Gasteiger partial charge in [-0.1, -0.05) is 91.8 Å². The van der Waals surface area contributed by atoms with Crippen molar-refractivity contribution in [3.63, 3.8) is 0 Å². The summed E-state index contributed by atoms with van der Waals surface area (Å²) in [4.78, 5) is 4.65. The third-order valence-corrected chi connectivity index (χ3v) is 6.72. The largest absolute Gasteiger partial charge is 1.00 e. The van der Waals surface area contributed by atoms with Crippen molar-refractivity contribution < 1.29 is 43.2 Å². The Morgan fingerprint density at radius 2 is 0.921 bits per heavy atom. The third kappa shape index (κ3) is 8.01. The van der Waals surface area contributed by atoms with E-state index in [-0.39, 0.29) is 17.1 Å². The van der Waals surface area contributed by atoms with Crippen LogP contribution in [0.15, 0.2) is 48.8 Å². The summed E-state index contributed by atoms with van der Waals surface area (Å²) in [5, 5.41) is 0. The smallest absolute Gasteiger partial charge is 0.479 e. The predicted octanol–water partition coefficient (Wildman–Crippen LogP) is 8.49. The first-order chi connectivity index (χ1) is 17.0. The van der Waals surface area contributed by atoms with Crippen LogP contribution in [-0.2, 0) is 27.2 Å². The van der Waals surface area contributed by atoms with Crippen LogP contribution in [-0.4, -0.2) is 18.5 Å². The van der Waals surface area contributed by atoms with Gasteiger partial charge in [-0.25, -0.2) is 0 Å². The minimum Gasteiger partial charge on any atom is -0.479 e. The summed E-state index contributed by atoms with van der Waals surface area (Å²) in [6.45, 7) is 20.5. The first-order valence-electron chi connectivity index (χ1n) is 12.4. The van der Waals surface area contributed by atoms with Crippen LogP contribution in [0.4, 0.5) is 24.5 Å².